The van der Waals surface area contributed by atoms with Gasteiger partial charge in [0.25, 0.3) is 0 Å². The fourth-order valence-electron chi connectivity index (χ4n) is 1.84. The zero-order valence-electron chi connectivity index (χ0n) is 8.27. The summed E-state index contributed by atoms with van der Waals surface area (Å²) in [6.45, 7) is 6.31. The minimum absolute atomic E-state index is 0.0187. The lowest BCUT2D eigenvalue weighted by atomic mass is 9.87. The second-order valence-corrected chi connectivity index (χ2v) is 3.70. The zero-order valence-corrected chi connectivity index (χ0v) is 8.27. The van der Waals surface area contributed by atoms with Crippen LogP contribution in [-0.2, 0) is 9.59 Å². The second-order valence-electron chi connectivity index (χ2n) is 3.70. The predicted molar refractivity (Wildman–Crippen MR) is 51.7 cm³/mol. The van der Waals surface area contributed by atoms with Gasteiger partial charge in [0.05, 0.1) is 5.92 Å². The van der Waals surface area contributed by atoms with Crippen molar-refractivity contribution in [2.24, 2.45) is 11.8 Å². The maximum atomic E-state index is 11.2. The minimum Gasteiger partial charge on any atom is -0.481 e. The van der Waals surface area contributed by atoms with Gasteiger partial charge in [0.1, 0.15) is 0 Å². The van der Waals surface area contributed by atoms with Gasteiger partial charge in [0.15, 0.2) is 0 Å². The summed E-state index contributed by atoms with van der Waals surface area (Å²) in [4.78, 5) is 23.7. The maximum Gasteiger partial charge on any atom is 0.306 e. The van der Waals surface area contributed by atoms with E-state index < -0.39 is 5.97 Å². The predicted octanol–water partition coefficient (Wildman–Crippen LogP) is 0.742. The van der Waals surface area contributed by atoms with Gasteiger partial charge in [-0.1, -0.05) is 13.5 Å². The van der Waals surface area contributed by atoms with Gasteiger partial charge in [-0.05, 0) is 18.4 Å². The van der Waals surface area contributed by atoms with Crippen LogP contribution in [0.25, 0.3) is 0 Å². The van der Waals surface area contributed by atoms with Crippen molar-refractivity contribution in [2.75, 3.05) is 13.1 Å². The van der Waals surface area contributed by atoms with E-state index >= 15 is 0 Å². The maximum absolute atomic E-state index is 11.2. The molecule has 2 unspecified atom stereocenters. The molecule has 1 heterocycles. The minimum atomic E-state index is -0.761. The van der Waals surface area contributed by atoms with E-state index in [1.807, 2.05) is 6.92 Å². The lowest BCUT2D eigenvalue weighted by Gasteiger charge is -2.34. The standard InChI is InChI=1S/C10H15NO3/c1-3-9(12)11-5-4-8(10(13)14)7(2)6-11/h3,7-8H,1,4-6H2,2H3,(H,13,14). The molecular weight excluding hydrogens is 182 g/mol. The Labute approximate surface area is 83.2 Å². The number of likely N-dealkylation sites (tertiary alicyclic amines) is 1. The zero-order chi connectivity index (χ0) is 10.7. The molecule has 1 saturated heterocycles. The van der Waals surface area contributed by atoms with Crippen LogP contribution < -0.4 is 0 Å². The summed E-state index contributed by atoms with van der Waals surface area (Å²) in [5.41, 5.74) is 0. The number of hydrogen-bond donors (Lipinski definition) is 1. The summed E-state index contributed by atoms with van der Waals surface area (Å²) in [6, 6.07) is 0. The van der Waals surface area contributed by atoms with Crippen molar-refractivity contribution in [1.29, 1.82) is 0 Å². The Morgan fingerprint density at radius 2 is 2.21 bits per heavy atom. The third-order valence-corrected chi connectivity index (χ3v) is 2.71. The van der Waals surface area contributed by atoms with E-state index in [1.54, 1.807) is 4.90 Å². The monoisotopic (exact) mass is 197 g/mol. The first-order chi connectivity index (χ1) is 6.56. The Hall–Kier alpha value is -1.32. The van der Waals surface area contributed by atoms with Crippen LogP contribution in [0.5, 0.6) is 0 Å². The van der Waals surface area contributed by atoms with Gasteiger partial charge in [-0.3, -0.25) is 9.59 Å². The van der Waals surface area contributed by atoms with Gasteiger partial charge in [-0.15, -0.1) is 0 Å². The average molecular weight is 197 g/mol. The third-order valence-electron chi connectivity index (χ3n) is 2.71. The van der Waals surface area contributed by atoms with Gasteiger partial charge in [0, 0.05) is 13.1 Å². The lowest BCUT2D eigenvalue weighted by Crippen LogP contribution is -2.44. The van der Waals surface area contributed by atoms with Crippen LogP contribution in [0.3, 0.4) is 0 Å². The molecule has 2 atom stereocenters. The largest absolute Gasteiger partial charge is 0.481 e. The average Bonchev–Trinajstić information content (AvgIpc) is 2.15. The number of aliphatic carboxylic acids is 1. The first-order valence-corrected chi connectivity index (χ1v) is 4.70. The molecule has 4 heteroatoms. The molecule has 0 saturated carbocycles. The van der Waals surface area contributed by atoms with Gasteiger partial charge >= 0.3 is 5.97 Å². The number of hydrogen-bond acceptors (Lipinski definition) is 2. The van der Waals surface area contributed by atoms with E-state index in [2.05, 4.69) is 6.58 Å². The topological polar surface area (TPSA) is 57.6 Å². The molecule has 1 fully saturated rings. The second kappa shape index (κ2) is 4.26. The molecule has 1 amide bonds. The van der Waals surface area contributed by atoms with Crippen LogP contribution in [0.15, 0.2) is 12.7 Å². The number of nitrogens with zero attached hydrogens (tertiary/aromatic N) is 1. The summed E-state index contributed by atoms with van der Waals surface area (Å²) >= 11 is 0. The molecule has 1 aliphatic heterocycles. The summed E-state index contributed by atoms with van der Waals surface area (Å²) in [5.74, 6) is -1.17. The number of piperidine rings is 1. The quantitative estimate of drug-likeness (QED) is 0.664. The van der Waals surface area contributed by atoms with Gasteiger partial charge < -0.3 is 10.0 Å². The molecule has 4 nitrogen and oxygen atoms in total. The fourth-order valence-corrected chi connectivity index (χ4v) is 1.84. The molecule has 0 spiro atoms. The lowest BCUT2D eigenvalue weighted by molar-refractivity contribution is -0.147. The van der Waals surface area contributed by atoms with Crippen LogP contribution >= 0.6 is 0 Å². The van der Waals surface area contributed by atoms with Crippen molar-refractivity contribution in [1.82, 2.24) is 4.90 Å². The molecular formula is C10H15NO3. The number of carbonyl (C=O) groups excluding carboxylic acids is 1. The molecule has 1 N–H and O–H groups in total. The van der Waals surface area contributed by atoms with E-state index in [4.69, 9.17) is 5.11 Å². The smallest absolute Gasteiger partial charge is 0.306 e. The normalized spacial score (nSPS) is 27.1. The van der Waals surface area contributed by atoms with Crippen LogP contribution in [0.4, 0.5) is 0 Å². The van der Waals surface area contributed by atoms with Crippen molar-refractivity contribution in [2.45, 2.75) is 13.3 Å². The van der Waals surface area contributed by atoms with Crippen molar-refractivity contribution >= 4 is 11.9 Å². The third kappa shape index (κ3) is 2.13. The van der Waals surface area contributed by atoms with Crippen LogP contribution in [0, 0.1) is 11.8 Å². The van der Waals surface area contributed by atoms with E-state index in [1.165, 1.54) is 6.08 Å². The number of rotatable bonds is 2. The van der Waals surface area contributed by atoms with Crippen LogP contribution in [-0.4, -0.2) is 35.0 Å². The molecule has 0 bridgehead atoms. The highest BCUT2D eigenvalue weighted by Crippen LogP contribution is 2.23. The Morgan fingerprint density at radius 3 is 2.64 bits per heavy atom. The summed E-state index contributed by atoms with van der Waals surface area (Å²) < 4.78 is 0. The first kappa shape index (κ1) is 10.8. The molecule has 1 aliphatic rings. The number of carboxylic acid groups (broad SMARTS) is 1. The van der Waals surface area contributed by atoms with Crippen molar-refractivity contribution in [3.63, 3.8) is 0 Å². The number of carbonyl (C=O) groups is 2. The molecule has 0 aliphatic carbocycles. The molecule has 0 aromatic rings. The van der Waals surface area contributed by atoms with Crippen molar-refractivity contribution in [3.8, 4) is 0 Å². The highest BCUT2D eigenvalue weighted by molar-refractivity contribution is 5.87. The molecule has 1 rings (SSSR count). The van der Waals surface area contributed by atoms with E-state index in [9.17, 15) is 9.59 Å². The van der Waals surface area contributed by atoms with E-state index in [0.717, 1.165) is 0 Å². The summed E-state index contributed by atoms with van der Waals surface area (Å²) in [7, 11) is 0. The van der Waals surface area contributed by atoms with Crippen molar-refractivity contribution < 1.29 is 14.7 Å². The van der Waals surface area contributed by atoms with Gasteiger partial charge in [-0.25, -0.2) is 0 Å². The molecule has 0 aromatic carbocycles. The number of amides is 1. The Bertz CT molecular complexity index is 262. The van der Waals surface area contributed by atoms with Crippen LogP contribution in [0.1, 0.15) is 13.3 Å². The van der Waals surface area contributed by atoms with Crippen molar-refractivity contribution in [3.05, 3.63) is 12.7 Å². The SMILES string of the molecule is C=CC(=O)N1CCC(C(=O)O)C(C)C1. The molecule has 14 heavy (non-hydrogen) atoms. The molecule has 0 radical (unpaired) electrons. The first-order valence-electron chi connectivity index (χ1n) is 4.70. The van der Waals surface area contributed by atoms with Crippen LogP contribution in [0.2, 0.25) is 0 Å². The summed E-state index contributed by atoms with van der Waals surface area (Å²) in [5, 5.41) is 8.87. The highest BCUT2D eigenvalue weighted by Gasteiger charge is 2.32. The highest BCUT2D eigenvalue weighted by atomic mass is 16.4. The van der Waals surface area contributed by atoms with E-state index in [-0.39, 0.29) is 17.7 Å². The molecule has 78 valence electrons. The Kier molecular flexibility index (Phi) is 3.28. The van der Waals surface area contributed by atoms with Gasteiger partial charge in [0.2, 0.25) is 5.91 Å². The fraction of sp³-hybridized carbons (Fsp3) is 0.600. The number of carboxylic acids is 1. The Morgan fingerprint density at radius 1 is 1.57 bits per heavy atom. The van der Waals surface area contributed by atoms with E-state index in [0.29, 0.717) is 19.5 Å². The summed E-state index contributed by atoms with van der Waals surface area (Å²) in [6.07, 6.45) is 1.81. The van der Waals surface area contributed by atoms with Gasteiger partial charge in [-0.2, -0.15) is 0 Å². The molecule has 0 aromatic heterocycles. The Balaban J connectivity index is 2.59.